The number of benzene rings is 1. The predicted octanol–water partition coefficient (Wildman–Crippen LogP) is 2.15. The topological polar surface area (TPSA) is 27.6 Å². The van der Waals surface area contributed by atoms with Crippen molar-refractivity contribution in [3.63, 3.8) is 0 Å². The lowest BCUT2D eigenvalue weighted by Crippen LogP contribution is -2.44. The zero-order valence-electron chi connectivity index (χ0n) is 11.4. The quantitative estimate of drug-likeness (QED) is 0.638. The van der Waals surface area contributed by atoms with Gasteiger partial charge in [-0.15, -0.1) is 0 Å². The van der Waals surface area contributed by atoms with Crippen molar-refractivity contribution in [2.45, 2.75) is 19.3 Å². The minimum Gasteiger partial charge on any atom is -0.359 e. The first-order valence-electron chi connectivity index (χ1n) is 6.77. The third-order valence-corrected chi connectivity index (χ3v) is 3.72. The molecule has 0 amide bonds. The summed E-state index contributed by atoms with van der Waals surface area (Å²) < 4.78 is 0. The van der Waals surface area contributed by atoms with E-state index in [-0.39, 0.29) is 0 Å². The van der Waals surface area contributed by atoms with Gasteiger partial charge in [0.05, 0.1) is 0 Å². The first kappa shape index (κ1) is 12.9. The maximum Gasteiger partial charge on any atom is 0.193 e. The molecule has 0 bridgehead atoms. The van der Waals surface area contributed by atoms with E-state index in [0.29, 0.717) is 0 Å². The van der Waals surface area contributed by atoms with E-state index in [9.17, 15) is 0 Å². The first-order valence-corrected chi connectivity index (χ1v) is 6.77. The summed E-state index contributed by atoms with van der Waals surface area (Å²) in [6.07, 6.45) is 3.73. The maximum atomic E-state index is 4.27. The molecule has 0 spiro atoms. The lowest BCUT2D eigenvalue weighted by Gasteiger charge is -2.33. The molecule has 0 aromatic heterocycles. The van der Waals surface area contributed by atoms with Crippen molar-refractivity contribution >= 4 is 5.96 Å². The SMILES string of the molecule is CN=C(NC)N1CCC(Cc2ccccc2)CC1. The summed E-state index contributed by atoms with van der Waals surface area (Å²) in [5.74, 6) is 1.84. The van der Waals surface area contributed by atoms with Crippen LogP contribution in [0.1, 0.15) is 18.4 Å². The minimum absolute atomic E-state index is 0.818. The second kappa shape index (κ2) is 6.43. The molecule has 1 aliphatic heterocycles. The highest BCUT2D eigenvalue weighted by molar-refractivity contribution is 5.79. The predicted molar refractivity (Wildman–Crippen MR) is 76.9 cm³/mol. The van der Waals surface area contributed by atoms with Gasteiger partial charge in [0.15, 0.2) is 5.96 Å². The number of nitrogens with zero attached hydrogens (tertiary/aromatic N) is 2. The Morgan fingerprint density at radius 3 is 2.50 bits per heavy atom. The Morgan fingerprint density at radius 2 is 1.94 bits per heavy atom. The van der Waals surface area contributed by atoms with Crippen molar-refractivity contribution in [3.05, 3.63) is 35.9 Å². The zero-order valence-corrected chi connectivity index (χ0v) is 11.4. The van der Waals surface area contributed by atoms with Crippen LogP contribution in [-0.2, 0) is 6.42 Å². The van der Waals surface area contributed by atoms with Crippen molar-refractivity contribution < 1.29 is 0 Å². The third kappa shape index (κ3) is 3.25. The molecule has 1 aromatic carbocycles. The van der Waals surface area contributed by atoms with Crippen molar-refractivity contribution in [2.75, 3.05) is 27.2 Å². The van der Waals surface area contributed by atoms with Gasteiger partial charge in [-0.2, -0.15) is 0 Å². The number of guanidine groups is 1. The van der Waals surface area contributed by atoms with Crippen LogP contribution >= 0.6 is 0 Å². The van der Waals surface area contributed by atoms with Crippen molar-refractivity contribution in [1.29, 1.82) is 0 Å². The first-order chi connectivity index (χ1) is 8.83. The molecule has 3 heteroatoms. The third-order valence-electron chi connectivity index (χ3n) is 3.72. The Hall–Kier alpha value is -1.51. The molecule has 98 valence electrons. The highest BCUT2D eigenvalue weighted by atomic mass is 15.3. The second-order valence-corrected chi connectivity index (χ2v) is 4.92. The van der Waals surface area contributed by atoms with Crippen molar-refractivity contribution in [1.82, 2.24) is 10.2 Å². The average Bonchev–Trinajstić information content (AvgIpc) is 2.43. The van der Waals surface area contributed by atoms with Gasteiger partial charge in [0, 0.05) is 27.2 Å². The summed E-state index contributed by atoms with van der Waals surface area (Å²) in [4.78, 5) is 6.62. The largest absolute Gasteiger partial charge is 0.359 e. The standard InChI is InChI=1S/C15H23N3/c1-16-15(17-2)18-10-8-14(9-11-18)12-13-6-4-3-5-7-13/h3-7,14H,8-12H2,1-2H3,(H,16,17). The summed E-state index contributed by atoms with van der Waals surface area (Å²) in [5.41, 5.74) is 1.47. The van der Waals surface area contributed by atoms with E-state index >= 15 is 0 Å². The number of nitrogens with one attached hydrogen (secondary N) is 1. The number of hydrogen-bond donors (Lipinski definition) is 1. The minimum atomic E-state index is 0.818. The second-order valence-electron chi connectivity index (χ2n) is 4.92. The molecule has 1 aliphatic rings. The number of likely N-dealkylation sites (tertiary alicyclic amines) is 1. The molecule has 0 unspecified atom stereocenters. The Kier molecular flexibility index (Phi) is 4.62. The van der Waals surface area contributed by atoms with Crippen molar-refractivity contribution in [3.8, 4) is 0 Å². The summed E-state index contributed by atoms with van der Waals surface area (Å²) in [7, 11) is 3.79. The van der Waals surface area contributed by atoms with Gasteiger partial charge in [0.2, 0.25) is 0 Å². The van der Waals surface area contributed by atoms with E-state index in [1.165, 1.54) is 24.8 Å². The molecule has 1 fully saturated rings. The Morgan fingerprint density at radius 1 is 1.28 bits per heavy atom. The summed E-state index contributed by atoms with van der Waals surface area (Å²) in [6, 6.07) is 10.8. The van der Waals surface area contributed by atoms with Crippen LogP contribution in [0.15, 0.2) is 35.3 Å². The highest BCUT2D eigenvalue weighted by Crippen LogP contribution is 2.21. The normalized spacial score (nSPS) is 17.9. The Bertz CT molecular complexity index is 378. The molecule has 0 radical (unpaired) electrons. The van der Waals surface area contributed by atoms with Gasteiger partial charge < -0.3 is 10.2 Å². The van der Waals surface area contributed by atoms with Crippen LogP contribution in [0, 0.1) is 5.92 Å². The number of piperidine rings is 1. The molecule has 1 N–H and O–H groups in total. The molecule has 0 aliphatic carbocycles. The lowest BCUT2D eigenvalue weighted by molar-refractivity contribution is 0.260. The van der Waals surface area contributed by atoms with Crippen LogP contribution in [0.4, 0.5) is 0 Å². The van der Waals surface area contributed by atoms with Crippen molar-refractivity contribution in [2.24, 2.45) is 10.9 Å². The van der Waals surface area contributed by atoms with E-state index < -0.39 is 0 Å². The number of rotatable bonds is 2. The fourth-order valence-corrected chi connectivity index (χ4v) is 2.71. The van der Waals surface area contributed by atoms with E-state index in [1.54, 1.807) is 0 Å². The number of hydrogen-bond acceptors (Lipinski definition) is 1. The molecule has 1 aromatic rings. The average molecular weight is 245 g/mol. The molecular formula is C15H23N3. The maximum absolute atomic E-state index is 4.27. The molecular weight excluding hydrogens is 222 g/mol. The lowest BCUT2D eigenvalue weighted by atomic mass is 9.90. The van der Waals surface area contributed by atoms with Gasteiger partial charge in [0.1, 0.15) is 0 Å². The Labute approximate surface area is 110 Å². The molecule has 0 saturated carbocycles. The Balaban J connectivity index is 1.84. The monoisotopic (exact) mass is 245 g/mol. The summed E-state index contributed by atoms with van der Waals surface area (Å²) in [6.45, 7) is 2.23. The fourth-order valence-electron chi connectivity index (χ4n) is 2.71. The van der Waals surface area contributed by atoms with E-state index in [2.05, 4.69) is 45.5 Å². The smallest absolute Gasteiger partial charge is 0.193 e. The van der Waals surface area contributed by atoms with Gasteiger partial charge in [-0.3, -0.25) is 4.99 Å². The van der Waals surface area contributed by atoms with Crippen LogP contribution in [0.5, 0.6) is 0 Å². The van der Waals surface area contributed by atoms with Crippen LogP contribution < -0.4 is 5.32 Å². The zero-order chi connectivity index (χ0) is 12.8. The molecule has 1 heterocycles. The molecule has 0 atom stereocenters. The van der Waals surface area contributed by atoms with Crippen LogP contribution in [-0.4, -0.2) is 38.0 Å². The van der Waals surface area contributed by atoms with Gasteiger partial charge in [-0.05, 0) is 30.7 Å². The van der Waals surface area contributed by atoms with Gasteiger partial charge in [-0.25, -0.2) is 0 Å². The highest BCUT2D eigenvalue weighted by Gasteiger charge is 2.20. The fraction of sp³-hybridized carbons (Fsp3) is 0.533. The molecule has 3 nitrogen and oxygen atoms in total. The van der Waals surface area contributed by atoms with Gasteiger partial charge in [0.25, 0.3) is 0 Å². The molecule has 18 heavy (non-hydrogen) atoms. The number of aliphatic imine (C=N–C) groups is 1. The summed E-state index contributed by atoms with van der Waals surface area (Å²) in [5, 5.41) is 3.16. The van der Waals surface area contributed by atoms with E-state index in [4.69, 9.17) is 0 Å². The van der Waals surface area contributed by atoms with E-state index in [1.807, 2.05) is 14.1 Å². The molecule has 2 rings (SSSR count). The van der Waals surface area contributed by atoms with E-state index in [0.717, 1.165) is 25.0 Å². The van der Waals surface area contributed by atoms with Gasteiger partial charge in [-0.1, -0.05) is 30.3 Å². The van der Waals surface area contributed by atoms with Crippen LogP contribution in [0.2, 0.25) is 0 Å². The van der Waals surface area contributed by atoms with Crippen LogP contribution in [0.25, 0.3) is 0 Å². The molecule has 1 saturated heterocycles. The van der Waals surface area contributed by atoms with Gasteiger partial charge >= 0.3 is 0 Å². The van der Waals surface area contributed by atoms with Crippen LogP contribution in [0.3, 0.4) is 0 Å². The summed E-state index contributed by atoms with van der Waals surface area (Å²) >= 11 is 0.